The minimum absolute atomic E-state index is 0.00982. The fourth-order valence-electron chi connectivity index (χ4n) is 9.05. The summed E-state index contributed by atoms with van der Waals surface area (Å²) >= 11 is 0. The van der Waals surface area contributed by atoms with E-state index in [2.05, 4.69) is 34.6 Å². The summed E-state index contributed by atoms with van der Waals surface area (Å²) in [7, 11) is 0. The Morgan fingerprint density at radius 3 is 2.15 bits per heavy atom. The van der Waals surface area contributed by atoms with Crippen molar-refractivity contribution in [1.29, 1.82) is 0 Å². The van der Waals surface area contributed by atoms with E-state index >= 15 is 0 Å². The van der Waals surface area contributed by atoms with Crippen molar-refractivity contribution in [1.82, 2.24) is 0 Å². The van der Waals surface area contributed by atoms with Crippen molar-refractivity contribution in [2.45, 2.75) is 125 Å². The number of ether oxygens (including phenoxy) is 2. The number of esters is 2. The van der Waals surface area contributed by atoms with Gasteiger partial charge in [-0.05, 0) is 49.2 Å². The van der Waals surface area contributed by atoms with Crippen LogP contribution in [0.3, 0.4) is 0 Å². The zero-order valence-corrected chi connectivity index (χ0v) is 26.7. The number of ketones is 2. The van der Waals surface area contributed by atoms with Gasteiger partial charge in [-0.3, -0.25) is 19.2 Å². The second kappa shape index (κ2) is 11.8. The topological polar surface area (TPSA) is 107 Å². The Bertz CT molecular complexity index is 1120. The molecule has 0 amide bonds. The summed E-state index contributed by atoms with van der Waals surface area (Å²) < 4.78 is 11.4. The summed E-state index contributed by atoms with van der Waals surface area (Å²) in [5.74, 6) is -1.76. The molecule has 3 fully saturated rings. The maximum absolute atomic E-state index is 14.0. The van der Waals surface area contributed by atoms with Gasteiger partial charge in [0, 0.05) is 35.0 Å². The fourth-order valence-corrected chi connectivity index (χ4v) is 9.05. The van der Waals surface area contributed by atoms with Crippen LogP contribution in [0.4, 0.5) is 0 Å². The molecule has 4 rings (SSSR count). The van der Waals surface area contributed by atoms with Crippen LogP contribution in [-0.4, -0.2) is 46.9 Å². The van der Waals surface area contributed by atoms with Gasteiger partial charge in [0.1, 0.15) is 0 Å². The van der Waals surface area contributed by atoms with Crippen LogP contribution in [0.1, 0.15) is 114 Å². The summed E-state index contributed by atoms with van der Waals surface area (Å²) in [5.41, 5.74) is -2.95. The summed E-state index contributed by atoms with van der Waals surface area (Å²) in [6.45, 7) is 17.6. The minimum atomic E-state index is -1.53. The van der Waals surface area contributed by atoms with Gasteiger partial charge >= 0.3 is 11.9 Å². The smallest absolute Gasteiger partial charge is 0.306 e. The van der Waals surface area contributed by atoms with Gasteiger partial charge in [0.15, 0.2) is 18.0 Å². The third kappa shape index (κ3) is 4.74. The molecule has 0 bridgehead atoms. The van der Waals surface area contributed by atoms with E-state index in [1.807, 2.05) is 19.9 Å². The average Bonchev–Trinajstić information content (AvgIpc) is 3.10. The molecule has 0 saturated heterocycles. The highest BCUT2D eigenvalue weighted by Gasteiger charge is 2.79. The van der Waals surface area contributed by atoms with E-state index in [0.29, 0.717) is 6.42 Å². The molecule has 41 heavy (non-hydrogen) atoms. The quantitative estimate of drug-likeness (QED) is 0.356. The number of allylic oxidation sites excluding steroid dienone is 4. The van der Waals surface area contributed by atoms with E-state index in [-0.39, 0.29) is 36.9 Å². The first-order valence-corrected chi connectivity index (χ1v) is 15.6. The first kappa shape index (κ1) is 33.2. The number of hydrogen-bond donors (Lipinski definition) is 1. The first-order chi connectivity index (χ1) is 19.1. The summed E-state index contributed by atoms with van der Waals surface area (Å²) in [4.78, 5) is 51.0. The molecule has 3 saturated carbocycles. The zero-order chi connectivity index (χ0) is 31.0. The second-order valence-electron chi connectivity index (χ2n) is 13.6. The molecule has 8 atom stereocenters. The number of carbonyl (C=O) groups is 4. The number of hydrogen-bond acceptors (Lipinski definition) is 7. The Balaban J connectivity index is 0.00000108. The molecule has 0 aliphatic heterocycles. The number of aliphatic hydroxyl groups is 1. The Hall–Kier alpha value is -2.28. The molecule has 0 heterocycles. The van der Waals surface area contributed by atoms with Gasteiger partial charge in [0.05, 0.1) is 6.10 Å². The molecule has 0 aromatic rings. The van der Waals surface area contributed by atoms with Crippen molar-refractivity contribution < 1.29 is 33.8 Å². The van der Waals surface area contributed by atoms with E-state index in [4.69, 9.17) is 9.47 Å². The Labute approximate surface area is 246 Å². The van der Waals surface area contributed by atoms with Gasteiger partial charge in [-0.2, -0.15) is 0 Å². The number of carbonyl (C=O) groups excluding carboxylic acids is 4. The Morgan fingerprint density at radius 1 is 0.976 bits per heavy atom. The maximum Gasteiger partial charge on any atom is 0.306 e. The molecule has 230 valence electrons. The Kier molecular flexibility index (Phi) is 9.54. The van der Waals surface area contributed by atoms with Crippen molar-refractivity contribution in [2.24, 2.45) is 33.5 Å². The van der Waals surface area contributed by atoms with Crippen molar-refractivity contribution in [3.8, 4) is 0 Å². The van der Waals surface area contributed by atoms with Crippen LogP contribution in [0.5, 0.6) is 0 Å². The molecule has 7 heteroatoms. The first-order valence-electron chi connectivity index (χ1n) is 15.6. The van der Waals surface area contributed by atoms with E-state index in [0.717, 1.165) is 18.4 Å². The van der Waals surface area contributed by atoms with Gasteiger partial charge in [0.25, 0.3) is 0 Å². The summed E-state index contributed by atoms with van der Waals surface area (Å²) in [6, 6.07) is 0. The van der Waals surface area contributed by atoms with Crippen LogP contribution in [0.15, 0.2) is 23.8 Å². The van der Waals surface area contributed by atoms with Crippen LogP contribution < -0.4 is 0 Å². The van der Waals surface area contributed by atoms with Crippen LogP contribution >= 0.6 is 0 Å². The SMILES string of the molecule is CCC(=O)OCC(=O)[C@@]1(OC(=O)CC)C(C)C[C@@]2(C)C3CCC4=CC(=O)C=CC4(C)[C@@]3(C)C(O)CC21C.CCCC. The third-order valence-corrected chi connectivity index (χ3v) is 11.8. The zero-order valence-electron chi connectivity index (χ0n) is 26.7. The number of rotatable bonds is 7. The van der Waals surface area contributed by atoms with E-state index in [9.17, 15) is 24.3 Å². The van der Waals surface area contributed by atoms with Crippen LogP contribution in [0, 0.1) is 33.5 Å². The monoisotopic (exact) mass is 572 g/mol. The number of aliphatic hydroxyl groups excluding tert-OH is 1. The lowest BCUT2D eigenvalue weighted by Crippen LogP contribution is -2.70. The van der Waals surface area contributed by atoms with Crippen LogP contribution in [-0.2, 0) is 28.7 Å². The van der Waals surface area contributed by atoms with Crippen LogP contribution in [0.2, 0.25) is 0 Å². The molecule has 4 aliphatic rings. The van der Waals surface area contributed by atoms with Gasteiger partial charge in [-0.25, -0.2) is 0 Å². The number of fused-ring (bicyclic) bond motifs is 5. The van der Waals surface area contributed by atoms with E-state index < -0.39 is 57.7 Å². The van der Waals surface area contributed by atoms with Crippen LogP contribution in [0.25, 0.3) is 0 Å². The molecular weight excluding hydrogens is 520 g/mol. The molecule has 0 aromatic heterocycles. The lowest BCUT2D eigenvalue weighted by atomic mass is 9.36. The number of Topliss-reactive ketones (excluding diaryl/α,β-unsaturated/α-hetero) is 1. The molecule has 0 spiro atoms. The average molecular weight is 573 g/mol. The summed E-state index contributed by atoms with van der Waals surface area (Å²) in [6.07, 6.45) is 9.71. The highest BCUT2D eigenvalue weighted by molar-refractivity contribution is 6.01. The van der Waals surface area contributed by atoms with Crippen molar-refractivity contribution in [3.05, 3.63) is 23.8 Å². The largest absolute Gasteiger partial charge is 0.457 e. The lowest BCUT2D eigenvalue weighted by Gasteiger charge is -2.69. The van der Waals surface area contributed by atoms with Crippen molar-refractivity contribution in [2.75, 3.05) is 6.61 Å². The highest BCUT2D eigenvalue weighted by Crippen LogP contribution is 2.78. The lowest BCUT2D eigenvalue weighted by molar-refractivity contribution is -0.244. The predicted molar refractivity (Wildman–Crippen MR) is 158 cm³/mol. The fraction of sp³-hybridized carbons (Fsp3) is 0.765. The Morgan fingerprint density at radius 2 is 1.59 bits per heavy atom. The molecule has 0 aromatic carbocycles. The van der Waals surface area contributed by atoms with Gasteiger partial charge in [-0.15, -0.1) is 0 Å². The highest BCUT2D eigenvalue weighted by atomic mass is 16.6. The number of unbranched alkanes of at least 4 members (excludes halogenated alkanes) is 1. The van der Waals surface area contributed by atoms with Gasteiger partial charge < -0.3 is 14.6 Å². The predicted octanol–water partition coefficient (Wildman–Crippen LogP) is 6.31. The third-order valence-electron chi connectivity index (χ3n) is 11.8. The molecule has 5 unspecified atom stereocenters. The van der Waals surface area contributed by atoms with Gasteiger partial charge in [0.2, 0.25) is 5.78 Å². The summed E-state index contributed by atoms with van der Waals surface area (Å²) in [5, 5.41) is 12.0. The minimum Gasteiger partial charge on any atom is -0.457 e. The molecule has 4 aliphatic carbocycles. The molecule has 0 radical (unpaired) electrons. The molecular formula is C34H52O7. The van der Waals surface area contributed by atoms with Gasteiger partial charge in [-0.1, -0.05) is 86.8 Å². The van der Waals surface area contributed by atoms with E-state index in [1.54, 1.807) is 26.0 Å². The van der Waals surface area contributed by atoms with Crippen molar-refractivity contribution >= 4 is 23.5 Å². The second-order valence-corrected chi connectivity index (χ2v) is 13.6. The van der Waals surface area contributed by atoms with Crippen molar-refractivity contribution in [3.63, 3.8) is 0 Å². The normalized spacial score (nSPS) is 40.7. The maximum atomic E-state index is 14.0. The molecule has 1 N–H and O–H groups in total. The standard InChI is InChI=1S/C30H42O7.C4H10/c1-8-24(34)36-17-23(33)30(37-25(35)9-2)18(3)15-27(5)21-11-10-19-14-20(31)12-13-26(19,4)29(21,7)22(32)16-28(27,30)6;1-3-4-2/h12-14,18,21-22,32H,8-11,15-17H2,1-7H3;3-4H2,1-2H3/t18?,21?,22?,26?,27-,28?,29+,30-;/m0./s1. The van der Waals surface area contributed by atoms with E-state index in [1.165, 1.54) is 12.8 Å². The molecule has 7 nitrogen and oxygen atoms in total.